The fraction of sp³-hybridized carbons (Fsp3) is 0.524. The van der Waals surface area contributed by atoms with Crippen LogP contribution < -0.4 is 5.56 Å². The Balaban J connectivity index is 1.92. The SMILES string of the molecule is CCC(C)(C)n1nnnc1[C@@H](c1cc2cccc(C)c2[nH]c1=O)N1CCOCC1. The predicted molar refractivity (Wildman–Crippen MR) is 111 cm³/mol. The summed E-state index contributed by atoms with van der Waals surface area (Å²) in [6.45, 7) is 11.0. The first-order valence-corrected chi connectivity index (χ1v) is 10.2. The van der Waals surface area contributed by atoms with Crippen molar-refractivity contribution in [3.05, 3.63) is 51.6 Å². The summed E-state index contributed by atoms with van der Waals surface area (Å²) in [5.74, 6) is 0.691. The highest BCUT2D eigenvalue weighted by molar-refractivity contribution is 5.82. The van der Waals surface area contributed by atoms with E-state index in [1.807, 2.05) is 35.9 Å². The number of aryl methyl sites for hydroxylation is 1. The zero-order valence-electron chi connectivity index (χ0n) is 17.5. The molecule has 1 fully saturated rings. The number of ether oxygens (including phenoxy) is 1. The number of hydrogen-bond donors (Lipinski definition) is 1. The molecule has 154 valence electrons. The molecule has 29 heavy (non-hydrogen) atoms. The van der Waals surface area contributed by atoms with Crippen molar-refractivity contribution < 1.29 is 4.74 Å². The third-order valence-corrected chi connectivity index (χ3v) is 6.00. The number of pyridine rings is 1. The summed E-state index contributed by atoms with van der Waals surface area (Å²) >= 11 is 0. The van der Waals surface area contributed by atoms with Crippen LogP contribution in [0.5, 0.6) is 0 Å². The van der Waals surface area contributed by atoms with Crippen molar-refractivity contribution in [2.75, 3.05) is 26.3 Å². The van der Waals surface area contributed by atoms with E-state index in [1.165, 1.54) is 0 Å². The van der Waals surface area contributed by atoms with Crippen LogP contribution >= 0.6 is 0 Å². The standard InChI is InChI=1S/C21H28N6O2/c1-5-21(3,4)27-19(23-24-25-27)18(26-9-11-29-12-10-26)16-13-15-8-6-7-14(2)17(15)22-20(16)28/h6-8,13,18H,5,9-12H2,1-4H3,(H,22,28)/t18-/m1/s1. The summed E-state index contributed by atoms with van der Waals surface area (Å²) in [5, 5.41) is 13.7. The van der Waals surface area contributed by atoms with Crippen molar-refractivity contribution >= 4 is 10.9 Å². The van der Waals surface area contributed by atoms with Crippen LogP contribution in [0.15, 0.2) is 29.1 Å². The molecule has 3 heterocycles. The van der Waals surface area contributed by atoms with Gasteiger partial charge < -0.3 is 9.72 Å². The van der Waals surface area contributed by atoms with E-state index < -0.39 is 0 Å². The fourth-order valence-corrected chi connectivity index (χ4v) is 3.88. The Morgan fingerprint density at radius 2 is 2.03 bits per heavy atom. The number of nitrogens with one attached hydrogen (secondary N) is 1. The minimum absolute atomic E-state index is 0.104. The Kier molecular flexibility index (Phi) is 5.23. The summed E-state index contributed by atoms with van der Waals surface area (Å²) in [6, 6.07) is 7.68. The van der Waals surface area contributed by atoms with Crippen LogP contribution in [0.1, 0.15) is 50.2 Å². The fourth-order valence-electron chi connectivity index (χ4n) is 3.88. The molecule has 0 amide bonds. The van der Waals surface area contributed by atoms with Crippen LogP contribution in [0.25, 0.3) is 10.9 Å². The molecule has 8 nitrogen and oxygen atoms in total. The highest BCUT2D eigenvalue weighted by atomic mass is 16.5. The van der Waals surface area contributed by atoms with Gasteiger partial charge in [0.2, 0.25) is 0 Å². The molecule has 1 aromatic carbocycles. The van der Waals surface area contributed by atoms with Crippen molar-refractivity contribution in [1.29, 1.82) is 0 Å². The number of aromatic amines is 1. The Hall–Kier alpha value is -2.58. The molecule has 8 heteroatoms. The maximum atomic E-state index is 13.2. The predicted octanol–water partition coefficient (Wildman–Crippen LogP) is 2.39. The quantitative estimate of drug-likeness (QED) is 0.712. The van der Waals surface area contributed by atoms with E-state index in [1.54, 1.807) is 0 Å². The van der Waals surface area contributed by atoms with Gasteiger partial charge in [-0.05, 0) is 54.6 Å². The molecule has 4 rings (SSSR count). The van der Waals surface area contributed by atoms with Crippen LogP contribution in [-0.4, -0.2) is 56.4 Å². The Labute approximate surface area is 169 Å². The second-order valence-electron chi connectivity index (χ2n) is 8.26. The summed E-state index contributed by atoms with van der Waals surface area (Å²) in [4.78, 5) is 18.5. The maximum Gasteiger partial charge on any atom is 0.253 e. The Morgan fingerprint density at radius 1 is 1.28 bits per heavy atom. The topological polar surface area (TPSA) is 88.9 Å². The van der Waals surface area contributed by atoms with Crippen LogP contribution in [0.3, 0.4) is 0 Å². The van der Waals surface area contributed by atoms with E-state index in [0.717, 1.165) is 36.0 Å². The molecule has 1 saturated heterocycles. The second kappa shape index (κ2) is 7.68. The lowest BCUT2D eigenvalue weighted by Gasteiger charge is -2.35. The van der Waals surface area contributed by atoms with Crippen molar-refractivity contribution in [3.63, 3.8) is 0 Å². The van der Waals surface area contributed by atoms with Gasteiger partial charge in [-0.2, -0.15) is 0 Å². The van der Waals surface area contributed by atoms with Gasteiger partial charge in [-0.15, -0.1) is 5.10 Å². The number of benzene rings is 1. The van der Waals surface area contributed by atoms with Gasteiger partial charge in [-0.25, -0.2) is 4.68 Å². The van der Waals surface area contributed by atoms with Crippen molar-refractivity contribution in [1.82, 2.24) is 30.1 Å². The molecule has 0 unspecified atom stereocenters. The van der Waals surface area contributed by atoms with Crippen molar-refractivity contribution in [2.45, 2.75) is 45.7 Å². The van der Waals surface area contributed by atoms with Gasteiger partial charge in [0.25, 0.3) is 5.56 Å². The molecule has 0 radical (unpaired) electrons. The number of hydrogen-bond acceptors (Lipinski definition) is 6. The van der Waals surface area contributed by atoms with Gasteiger partial charge >= 0.3 is 0 Å². The first kappa shape index (κ1) is 19.7. The first-order valence-electron chi connectivity index (χ1n) is 10.2. The van der Waals surface area contributed by atoms with E-state index in [4.69, 9.17) is 4.74 Å². The third kappa shape index (κ3) is 3.58. The number of para-hydroxylation sites is 1. The highest BCUT2D eigenvalue weighted by Crippen LogP contribution is 2.31. The van der Waals surface area contributed by atoms with E-state index in [2.05, 4.69) is 46.2 Å². The molecule has 0 saturated carbocycles. The van der Waals surface area contributed by atoms with Crippen LogP contribution in [-0.2, 0) is 10.3 Å². The number of rotatable bonds is 5. The van der Waals surface area contributed by atoms with Crippen LogP contribution in [0, 0.1) is 6.92 Å². The molecule has 1 aliphatic rings. The lowest BCUT2D eigenvalue weighted by Crippen LogP contribution is -2.43. The summed E-state index contributed by atoms with van der Waals surface area (Å²) in [5.41, 5.74) is 2.21. The molecule has 0 spiro atoms. The number of nitrogens with zero attached hydrogens (tertiary/aromatic N) is 5. The second-order valence-corrected chi connectivity index (χ2v) is 8.26. The number of H-pyrrole nitrogens is 1. The average molecular weight is 396 g/mol. The normalized spacial score (nSPS) is 17.0. The van der Waals surface area contributed by atoms with Gasteiger partial charge in [0, 0.05) is 18.7 Å². The van der Waals surface area contributed by atoms with Crippen LogP contribution in [0.4, 0.5) is 0 Å². The van der Waals surface area contributed by atoms with Gasteiger partial charge in [0.15, 0.2) is 5.82 Å². The van der Waals surface area contributed by atoms with Gasteiger partial charge in [-0.1, -0.05) is 25.1 Å². The van der Waals surface area contributed by atoms with E-state index in [9.17, 15) is 4.79 Å². The number of morpholine rings is 1. The monoisotopic (exact) mass is 396 g/mol. The summed E-state index contributed by atoms with van der Waals surface area (Å²) < 4.78 is 7.42. The van der Waals surface area contributed by atoms with Gasteiger partial charge in [0.1, 0.15) is 6.04 Å². The lowest BCUT2D eigenvalue weighted by molar-refractivity contribution is 0.0204. The Bertz CT molecular complexity index is 1060. The average Bonchev–Trinajstić information content (AvgIpc) is 3.21. The molecular weight excluding hydrogens is 368 g/mol. The lowest BCUT2D eigenvalue weighted by atomic mass is 9.98. The largest absolute Gasteiger partial charge is 0.379 e. The highest BCUT2D eigenvalue weighted by Gasteiger charge is 2.34. The first-order chi connectivity index (χ1) is 13.9. The van der Waals surface area contributed by atoms with Gasteiger partial charge in [-0.3, -0.25) is 9.69 Å². The minimum atomic E-state index is -0.339. The molecule has 3 aromatic rings. The molecule has 2 aromatic heterocycles. The molecule has 0 aliphatic carbocycles. The summed E-state index contributed by atoms with van der Waals surface area (Å²) in [7, 11) is 0. The van der Waals surface area contributed by atoms with Gasteiger partial charge in [0.05, 0.1) is 24.3 Å². The Morgan fingerprint density at radius 3 is 2.76 bits per heavy atom. The smallest absolute Gasteiger partial charge is 0.253 e. The number of fused-ring (bicyclic) bond motifs is 1. The minimum Gasteiger partial charge on any atom is -0.379 e. The van der Waals surface area contributed by atoms with Crippen molar-refractivity contribution in [2.24, 2.45) is 0 Å². The summed E-state index contributed by atoms with van der Waals surface area (Å²) in [6.07, 6.45) is 0.869. The van der Waals surface area contributed by atoms with E-state index in [0.29, 0.717) is 24.6 Å². The van der Waals surface area contributed by atoms with Crippen LogP contribution in [0.2, 0.25) is 0 Å². The van der Waals surface area contributed by atoms with E-state index in [-0.39, 0.29) is 17.1 Å². The van der Waals surface area contributed by atoms with E-state index >= 15 is 0 Å². The zero-order valence-corrected chi connectivity index (χ0v) is 17.5. The zero-order chi connectivity index (χ0) is 20.6. The molecular formula is C21H28N6O2. The maximum absolute atomic E-state index is 13.2. The molecule has 0 bridgehead atoms. The van der Waals surface area contributed by atoms with Crippen molar-refractivity contribution in [3.8, 4) is 0 Å². The number of tetrazole rings is 1. The molecule has 1 N–H and O–H groups in total. The molecule has 1 aliphatic heterocycles. The number of aromatic nitrogens is 5. The third-order valence-electron chi connectivity index (χ3n) is 6.00. The molecule has 1 atom stereocenters.